The van der Waals surface area contributed by atoms with Gasteiger partial charge in [0, 0.05) is 6.54 Å². The molecule has 2 aromatic heterocycles. The first-order valence-corrected chi connectivity index (χ1v) is 7.08. The van der Waals surface area contributed by atoms with Gasteiger partial charge in [0.05, 0.1) is 22.5 Å². The zero-order chi connectivity index (χ0) is 18.0. The number of nitrogens with one attached hydrogen (secondary N) is 1. The average Bonchev–Trinajstić information content (AvgIpc) is 3.01. The van der Waals surface area contributed by atoms with Crippen LogP contribution in [0, 0.1) is 24.0 Å². The molecule has 0 saturated heterocycles. The Kier molecular flexibility index (Phi) is 4.90. The Morgan fingerprint density at radius 2 is 2.04 bits per heavy atom. The van der Waals surface area contributed by atoms with E-state index in [1.54, 1.807) is 11.6 Å². The number of carbonyl (C=O) groups is 1. The van der Waals surface area contributed by atoms with Crippen LogP contribution in [-0.2, 0) is 17.9 Å². The number of nitro groups is 1. The maximum absolute atomic E-state index is 12.9. The van der Waals surface area contributed by atoms with E-state index in [9.17, 15) is 23.7 Å². The quantitative estimate of drug-likeness (QED) is 0.639. The summed E-state index contributed by atoms with van der Waals surface area (Å²) in [4.78, 5) is 22.1. The number of aryl methyl sites for hydroxylation is 1. The molecule has 130 valence electrons. The van der Waals surface area contributed by atoms with E-state index in [1.165, 1.54) is 13.1 Å². The predicted molar refractivity (Wildman–Crippen MR) is 79.8 cm³/mol. The SMILES string of the molecule is CCn1ncc(NC(=O)Cn2nc(C(F)F)c([N+](=O)[O-])c2C)c1C. The Morgan fingerprint density at radius 3 is 2.50 bits per heavy atom. The smallest absolute Gasteiger partial charge is 0.319 e. The van der Waals surface area contributed by atoms with E-state index < -0.39 is 35.2 Å². The van der Waals surface area contributed by atoms with Crippen molar-refractivity contribution in [2.45, 2.75) is 40.3 Å². The van der Waals surface area contributed by atoms with Crippen LogP contribution in [-0.4, -0.2) is 30.4 Å². The summed E-state index contributed by atoms with van der Waals surface area (Å²) in [5, 5.41) is 21.1. The summed E-state index contributed by atoms with van der Waals surface area (Å²) in [6.45, 7) is 5.14. The first kappa shape index (κ1) is 17.5. The van der Waals surface area contributed by atoms with Crippen LogP contribution in [0.3, 0.4) is 0 Å². The first-order valence-electron chi connectivity index (χ1n) is 7.08. The van der Waals surface area contributed by atoms with Crippen LogP contribution in [0.1, 0.15) is 30.4 Å². The van der Waals surface area contributed by atoms with Gasteiger partial charge in [0.2, 0.25) is 11.6 Å². The van der Waals surface area contributed by atoms with Crippen LogP contribution in [0.2, 0.25) is 0 Å². The Bertz CT molecular complexity index is 783. The molecule has 1 amide bonds. The second kappa shape index (κ2) is 6.72. The van der Waals surface area contributed by atoms with Crippen molar-refractivity contribution >= 4 is 17.3 Å². The lowest BCUT2D eigenvalue weighted by molar-refractivity contribution is -0.386. The van der Waals surface area contributed by atoms with Gasteiger partial charge in [-0.2, -0.15) is 10.2 Å². The fourth-order valence-corrected chi connectivity index (χ4v) is 2.30. The third-order valence-corrected chi connectivity index (χ3v) is 3.56. The summed E-state index contributed by atoms with van der Waals surface area (Å²) >= 11 is 0. The number of aromatic nitrogens is 4. The molecule has 11 heteroatoms. The zero-order valence-electron chi connectivity index (χ0n) is 13.3. The molecule has 0 saturated carbocycles. The molecule has 0 unspecified atom stereocenters. The lowest BCUT2D eigenvalue weighted by Gasteiger charge is -2.06. The second-order valence-electron chi connectivity index (χ2n) is 5.04. The lowest BCUT2D eigenvalue weighted by Crippen LogP contribution is -2.20. The zero-order valence-corrected chi connectivity index (χ0v) is 13.3. The minimum Gasteiger partial charge on any atom is -0.322 e. The van der Waals surface area contributed by atoms with Crippen molar-refractivity contribution in [3.8, 4) is 0 Å². The summed E-state index contributed by atoms with van der Waals surface area (Å²) in [5.74, 6) is -0.546. The minimum atomic E-state index is -3.10. The van der Waals surface area contributed by atoms with Crippen molar-refractivity contribution in [2.75, 3.05) is 5.32 Å². The number of halogens is 2. The molecule has 9 nitrogen and oxygen atoms in total. The Labute approximate surface area is 135 Å². The van der Waals surface area contributed by atoms with Gasteiger partial charge < -0.3 is 5.32 Å². The highest BCUT2D eigenvalue weighted by Gasteiger charge is 2.31. The molecule has 2 aromatic rings. The van der Waals surface area contributed by atoms with Crippen molar-refractivity contribution in [3.05, 3.63) is 33.4 Å². The number of hydrogen-bond donors (Lipinski definition) is 1. The number of anilines is 1. The van der Waals surface area contributed by atoms with Crippen molar-refractivity contribution in [3.63, 3.8) is 0 Å². The number of nitrogens with zero attached hydrogens (tertiary/aromatic N) is 5. The van der Waals surface area contributed by atoms with Crippen LogP contribution in [0.4, 0.5) is 20.2 Å². The standard InChI is InChI=1S/C13H16F2N6O3/c1-4-19-7(2)9(5-16-19)17-10(22)6-20-8(3)12(21(23)24)11(18-20)13(14)15/h5,13H,4,6H2,1-3H3,(H,17,22). The number of amides is 1. The fraction of sp³-hybridized carbons (Fsp3) is 0.462. The molecule has 0 aliphatic rings. The molecule has 0 radical (unpaired) electrons. The normalized spacial score (nSPS) is 11.1. The fourth-order valence-electron chi connectivity index (χ4n) is 2.30. The van der Waals surface area contributed by atoms with Gasteiger partial charge in [-0.05, 0) is 20.8 Å². The highest BCUT2D eigenvalue weighted by Crippen LogP contribution is 2.30. The molecule has 0 aliphatic heterocycles. The lowest BCUT2D eigenvalue weighted by atomic mass is 10.3. The van der Waals surface area contributed by atoms with E-state index in [0.29, 0.717) is 12.2 Å². The van der Waals surface area contributed by atoms with Crippen molar-refractivity contribution in [2.24, 2.45) is 0 Å². The molecular formula is C13H16F2N6O3. The van der Waals surface area contributed by atoms with Crippen molar-refractivity contribution in [1.29, 1.82) is 0 Å². The second-order valence-corrected chi connectivity index (χ2v) is 5.04. The monoisotopic (exact) mass is 342 g/mol. The van der Waals surface area contributed by atoms with Gasteiger partial charge in [0.1, 0.15) is 12.2 Å². The number of carbonyl (C=O) groups excluding carboxylic acids is 1. The molecule has 0 aliphatic carbocycles. The maximum Gasteiger partial charge on any atom is 0.319 e. The first-order chi connectivity index (χ1) is 11.3. The highest BCUT2D eigenvalue weighted by atomic mass is 19.3. The van der Waals surface area contributed by atoms with Crippen LogP contribution in [0.5, 0.6) is 0 Å². The van der Waals surface area contributed by atoms with Gasteiger partial charge in [-0.1, -0.05) is 0 Å². The molecule has 24 heavy (non-hydrogen) atoms. The third kappa shape index (κ3) is 3.24. The summed E-state index contributed by atoms with van der Waals surface area (Å²) in [7, 11) is 0. The molecule has 0 aromatic carbocycles. The maximum atomic E-state index is 12.9. The molecule has 0 atom stereocenters. The summed E-state index contributed by atoms with van der Waals surface area (Å²) in [5.41, 5.74) is -0.600. The Hall–Kier alpha value is -2.85. The van der Waals surface area contributed by atoms with E-state index in [4.69, 9.17) is 0 Å². The summed E-state index contributed by atoms with van der Waals surface area (Å²) in [6, 6.07) is 0. The molecule has 2 heterocycles. The van der Waals surface area contributed by atoms with Gasteiger partial charge >= 0.3 is 5.69 Å². The van der Waals surface area contributed by atoms with Crippen LogP contribution < -0.4 is 5.32 Å². The summed E-state index contributed by atoms with van der Waals surface area (Å²) in [6.07, 6.45) is -1.63. The van der Waals surface area contributed by atoms with E-state index in [0.717, 1.165) is 10.4 Å². The Morgan fingerprint density at radius 1 is 1.38 bits per heavy atom. The van der Waals surface area contributed by atoms with E-state index >= 15 is 0 Å². The average molecular weight is 342 g/mol. The summed E-state index contributed by atoms with van der Waals surface area (Å²) < 4.78 is 28.3. The molecular weight excluding hydrogens is 326 g/mol. The largest absolute Gasteiger partial charge is 0.322 e. The molecule has 0 bridgehead atoms. The van der Waals surface area contributed by atoms with E-state index in [2.05, 4.69) is 15.5 Å². The van der Waals surface area contributed by atoms with Crippen LogP contribution >= 0.6 is 0 Å². The van der Waals surface area contributed by atoms with Gasteiger partial charge in [0.25, 0.3) is 6.43 Å². The topological polar surface area (TPSA) is 108 Å². The van der Waals surface area contributed by atoms with Crippen LogP contribution in [0.15, 0.2) is 6.20 Å². The molecule has 1 N–H and O–H groups in total. The van der Waals surface area contributed by atoms with Gasteiger partial charge in [-0.3, -0.25) is 24.3 Å². The van der Waals surface area contributed by atoms with Gasteiger partial charge in [0.15, 0.2) is 0 Å². The molecule has 0 fully saturated rings. The number of rotatable bonds is 6. The predicted octanol–water partition coefficient (Wildman–Crippen LogP) is 2.20. The Balaban J connectivity index is 2.21. The van der Waals surface area contributed by atoms with Crippen molar-refractivity contribution < 1.29 is 18.5 Å². The molecule has 0 spiro atoms. The number of alkyl halides is 2. The van der Waals surface area contributed by atoms with Crippen molar-refractivity contribution in [1.82, 2.24) is 19.6 Å². The van der Waals surface area contributed by atoms with E-state index in [-0.39, 0.29) is 5.69 Å². The highest BCUT2D eigenvalue weighted by molar-refractivity contribution is 5.91. The van der Waals surface area contributed by atoms with E-state index in [1.807, 2.05) is 6.92 Å². The van der Waals surface area contributed by atoms with Gasteiger partial charge in [-0.15, -0.1) is 0 Å². The molecule has 2 rings (SSSR count). The van der Waals surface area contributed by atoms with Crippen LogP contribution in [0.25, 0.3) is 0 Å². The third-order valence-electron chi connectivity index (χ3n) is 3.56. The number of hydrogen-bond acceptors (Lipinski definition) is 5. The van der Waals surface area contributed by atoms with Gasteiger partial charge in [-0.25, -0.2) is 8.78 Å². The minimum absolute atomic E-state index is 0.105.